The molecule has 0 aromatic heterocycles. The first-order valence-electron chi connectivity index (χ1n) is 4.85. The smallest absolute Gasteiger partial charge is 0.143 e. The second-order valence-corrected chi connectivity index (χ2v) is 4.16. The second kappa shape index (κ2) is 3.44. The summed E-state index contributed by atoms with van der Waals surface area (Å²) in [5, 5.41) is 0.673. The van der Waals surface area contributed by atoms with E-state index in [1.54, 1.807) is 0 Å². The Bertz CT molecular complexity index is 365. The van der Waals surface area contributed by atoms with Crippen LogP contribution in [0.25, 0.3) is 0 Å². The Hall–Kier alpha value is -0.730. The predicted molar refractivity (Wildman–Crippen MR) is 57.8 cm³/mol. The molecule has 1 heterocycles. The summed E-state index contributed by atoms with van der Waals surface area (Å²) in [6, 6.07) is 3.93. The van der Waals surface area contributed by atoms with E-state index in [1.807, 2.05) is 13.0 Å². The van der Waals surface area contributed by atoms with Crippen molar-refractivity contribution in [2.24, 2.45) is 5.73 Å². The molecular weight excluding hydrogens is 198 g/mol. The fourth-order valence-corrected chi connectivity index (χ4v) is 2.22. The standard InChI is InChI=1S/C11H14ClNO/c1-3-9-10(13)7-4-6(2)5-8(12)11(7)14-9/h4-5,9-10H,3,13H2,1-2H3. The van der Waals surface area contributed by atoms with E-state index < -0.39 is 0 Å². The lowest BCUT2D eigenvalue weighted by atomic mass is 10.0. The summed E-state index contributed by atoms with van der Waals surface area (Å²) in [5.74, 6) is 0.775. The lowest BCUT2D eigenvalue weighted by Gasteiger charge is -2.11. The van der Waals surface area contributed by atoms with Gasteiger partial charge in [0.1, 0.15) is 11.9 Å². The Morgan fingerprint density at radius 2 is 2.21 bits per heavy atom. The molecule has 14 heavy (non-hydrogen) atoms. The van der Waals surface area contributed by atoms with Crippen molar-refractivity contribution in [1.29, 1.82) is 0 Å². The molecule has 2 nitrogen and oxygen atoms in total. The number of hydrogen-bond acceptors (Lipinski definition) is 2. The minimum Gasteiger partial charge on any atom is -0.487 e. The molecule has 0 aliphatic carbocycles. The van der Waals surface area contributed by atoms with Gasteiger partial charge in [0.15, 0.2) is 0 Å². The van der Waals surface area contributed by atoms with Crippen LogP contribution in [-0.4, -0.2) is 6.10 Å². The maximum absolute atomic E-state index is 6.08. The SMILES string of the molecule is CCC1Oc2c(Cl)cc(C)cc2C1N. The number of aryl methyl sites for hydroxylation is 1. The van der Waals surface area contributed by atoms with Gasteiger partial charge in [-0.25, -0.2) is 0 Å². The molecule has 0 amide bonds. The third kappa shape index (κ3) is 1.39. The molecule has 3 heteroatoms. The Morgan fingerprint density at radius 3 is 2.86 bits per heavy atom. The highest BCUT2D eigenvalue weighted by molar-refractivity contribution is 6.32. The zero-order chi connectivity index (χ0) is 10.3. The first-order valence-corrected chi connectivity index (χ1v) is 5.23. The highest BCUT2D eigenvalue weighted by atomic mass is 35.5. The summed E-state index contributed by atoms with van der Waals surface area (Å²) < 4.78 is 5.70. The van der Waals surface area contributed by atoms with Crippen molar-refractivity contribution in [3.63, 3.8) is 0 Å². The highest BCUT2D eigenvalue weighted by Crippen LogP contribution is 2.42. The molecule has 1 aromatic rings. The molecular formula is C11H14ClNO. The summed E-state index contributed by atoms with van der Waals surface area (Å²) in [6.07, 6.45) is 0.981. The molecule has 2 rings (SSSR count). The van der Waals surface area contributed by atoms with Gasteiger partial charge in [-0.05, 0) is 25.0 Å². The van der Waals surface area contributed by atoms with E-state index in [4.69, 9.17) is 22.1 Å². The Labute approximate surface area is 89.0 Å². The van der Waals surface area contributed by atoms with Crippen LogP contribution in [0.15, 0.2) is 12.1 Å². The van der Waals surface area contributed by atoms with E-state index in [2.05, 4.69) is 13.0 Å². The lowest BCUT2D eigenvalue weighted by molar-refractivity contribution is 0.202. The number of hydrogen-bond donors (Lipinski definition) is 1. The summed E-state index contributed by atoms with van der Waals surface area (Å²) in [4.78, 5) is 0. The second-order valence-electron chi connectivity index (χ2n) is 3.76. The molecule has 0 saturated carbocycles. The van der Waals surface area contributed by atoms with Gasteiger partial charge >= 0.3 is 0 Å². The molecule has 0 fully saturated rings. The van der Waals surface area contributed by atoms with Gasteiger partial charge in [-0.3, -0.25) is 0 Å². The van der Waals surface area contributed by atoms with Gasteiger partial charge in [-0.1, -0.05) is 24.6 Å². The molecule has 2 N–H and O–H groups in total. The van der Waals surface area contributed by atoms with E-state index in [1.165, 1.54) is 0 Å². The Balaban J connectivity index is 2.48. The van der Waals surface area contributed by atoms with Gasteiger partial charge < -0.3 is 10.5 Å². The quantitative estimate of drug-likeness (QED) is 0.776. The van der Waals surface area contributed by atoms with Crippen LogP contribution < -0.4 is 10.5 Å². The van der Waals surface area contributed by atoms with Crippen molar-refractivity contribution in [3.05, 3.63) is 28.3 Å². The molecule has 1 aliphatic rings. The maximum atomic E-state index is 6.08. The van der Waals surface area contributed by atoms with Crippen molar-refractivity contribution in [1.82, 2.24) is 0 Å². The number of rotatable bonds is 1. The number of benzene rings is 1. The van der Waals surface area contributed by atoms with Crippen LogP contribution in [0.2, 0.25) is 5.02 Å². The first-order chi connectivity index (χ1) is 6.63. The molecule has 0 spiro atoms. The largest absolute Gasteiger partial charge is 0.487 e. The predicted octanol–water partition coefficient (Wildman–Crippen LogP) is 2.82. The summed E-state index contributed by atoms with van der Waals surface area (Å²) in [5.41, 5.74) is 8.23. The maximum Gasteiger partial charge on any atom is 0.143 e. The molecule has 1 aromatic carbocycles. The van der Waals surface area contributed by atoms with Gasteiger partial charge in [0.2, 0.25) is 0 Å². The van der Waals surface area contributed by atoms with Crippen LogP contribution in [0.4, 0.5) is 0 Å². The fraction of sp³-hybridized carbons (Fsp3) is 0.455. The van der Waals surface area contributed by atoms with E-state index in [9.17, 15) is 0 Å². The Morgan fingerprint density at radius 1 is 1.50 bits per heavy atom. The average Bonchev–Trinajstić information content (AvgIpc) is 2.44. The summed E-state index contributed by atoms with van der Waals surface area (Å²) >= 11 is 6.08. The van der Waals surface area contributed by atoms with Gasteiger partial charge in [-0.15, -0.1) is 0 Å². The van der Waals surface area contributed by atoms with E-state index in [0.29, 0.717) is 5.02 Å². The molecule has 1 aliphatic heterocycles. The van der Waals surface area contributed by atoms with Crippen LogP contribution in [0.3, 0.4) is 0 Å². The number of ether oxygens (including phenoxy) is 1. The minimum atomic E-state index is -0.0348. The fourth-order valence-electron chi connectivity index (χ4n) is 1.89. The van der Waals surface area contributed by atoms with E-state index in [-0.39, 0.29) is 12.1 Å². The minimum absolute atomic E-state index is 0.0348. The lowest BCUT2D eigenvalue weighted by Crippen LogP contribution is -2.24. The van der Waals surface area contributed by atoms with Crippen molar-refractivity contribution in [2.75, 3.05) is 0 Å². The zero-order valence-corrected chi connectivity index (χ0v) is 9.14. The van der Waals surface area contributed by atoms with E-state index in [0.717, 1.165) is 23.3 Å². The third-order valence-corrected chi connectivity index (χ3v) is 2.93. The molecule has 76 valence electrons. The molecule has 0 bridgehead atoms. The van der Waals surface area contributed by atoms with Crippen molar-refractivity contribution >= 4 is 11.6 Å². The van der Waals surface area contributed by atoms with Gasteiger partial charge in [-0.2, -0.15) is 0 Å². The normalized spacial score (nSPS) is 24.6. The van der Waals surface area contributed by atoms with Crippen LogP contribution >= 0.6 is 11.6 Å². The number of halogens is 1. The van der Waals surface area contributed by atoms with Gasteiger partial charge in [0.25, 0.3) is 0 Å². The van der Waals surface area contributed by atoms with Gasteiger partial charge in [0.05, 0.1) is 11.1 Å². The van der Waals surface area contributed by atoms with Crippen LogP contribution in [-0.2, 0) is 0 Å². The molecule has 0 radical (unpaired) electrons. The van der Waals surface area contributed by atoms with E-state index >= 15 is 0 Å². The van der Waals surface area contributed by atoms with Crippen LogP contribution in [0.1, 0.15) is 30.5 Å². The monoisotopic (exact) mass is 211 g/mol. The van der Waals surface area contributed by atoms with Crippen LogP contribution in [0.5, 0.6) is 5.75 Å². The highest BCUT2D eigenvalue weighted by Gasteiger charge is 2.31. The van der Waals surface area contributed by atoms with Crippen LogP contribution in [0, 0.1) is 6.92 Å². The number of nitrogens with two attached hydrogens (primary N) is 1. The van der Waals surface area contributed by atoms with Crippen molar-refractivity contribution in [3.8, 4) is 5.75 Å². The first kappa shape index (κ1) is 9.81. The summed E-state index contributed by atoms with van der Waals surface area (Å²) in [6.45, 7) is 4.08. The topological polar surface area (TPSA) is 35.2 Å². The Kier molecular flexibility index (Phi) is 2.41. The zero-order valence-electron chi connectivity index (χ0n) is 8.38. The molecule has 2 atom stereocenters. The van der Waals surface area contributed by atoms with Crippen molar-refractivity contribution < 1.29 is 4.74 Å². The summed E-state index contributed by atoms with van der Waals surface area (Å²) in [7, 11) is 0. The molecule has 0 saturated heterocycles. The third-order valence-electron chi connectivity index (χ3n) is 2.65. The average molecular weight is 212 g/mol. The van der Waals surface area contributed by atoms with Crippen molar-refractivity contribution in [2.45, 2.75) is 32.4 Å². The molecule has 2 unspecified atom stereocenters. The number of fused-ring (bicyclic) bond motifs is 1. The van der Waals surface area contributed by atoms with Gasteiger partial charge in [0, 0.05) is 5.56 Å².